The minimum Gasteiger partial charge on any atom is -0.339 e. The molecule has 1 amide bonds. The van der Waals surface area contributed by atoms with Crippen LogP contribution in [-0.4, -0.2) is 38.6 Å². The average Bonchev–Trinajstić information content (AvgIpc) is 2.63. The number of amides is 1. The zero-order chi connectivity index (χ0) is 19.4. The third-order valence-corrected chi connectivity index (χ3v) is 5.70. The molecule has 1 aliphatic heterocycles. The maximum atomic E-state index is 12.8. The molecule has 0 spiro atoms. The highest BCUT2D eigenvalue weighted by Crippen LogP contribution is 2.27. The summed E-state index contributed by atoms with van der Waals surface area (Å²) in [5.74, 6) is 0.477. The molecule has 1 N–H and O–H groups in total. The summed E-state index contributed by atoms with van der Waals surface area (Å²) < 4.78 is 25.3. The molecule has 7 heteroatoms. The SMILES string of the molecule is CS(=O)(=O)Nc1cc(C(=O)N2CCC(Cc3ccccc3)CC2)ccc1Cl. The lowest BCUT2D eigenvalue weighted by Crippen LogP contribution is -2.38. The number of sulfonamides is 1. The van der Waals surface area contributed by atoms with Crippen LogP contribution in [0.15, 0.2) is 48.5 Å². The van der Waals surface area contributed by atoms with Gasteiger partial charge in [-0.1, -0.05) is 41.9 Å². The van der Waals surface area contributed by atoms with Gasteiger partial charge in [-0.15, -0.1) is 0 Å². The van der Waals surface area contributed by atoms with Gasteiger partial charge in [-0.05, 0) is 48.9 Å². The highest BCUT2D eigenvalue weighted by atomic mass is 35.5. The normalized spacial score (nSPS) is 15.6. The molecule has 1 aliphatic rings. The molecule has 27 heavy (non-hydrogen) atoms. The Hall–Kier alpha value is -2.05. The first-order valence-electron chi connectivity index (χ1n) is 8.92. The van der Waals surface area contributed by atoms with Crippen LogP contribution in [0.4, 0.5) is 5.69 Å². The number of nitrogens with zero attached hydrogens (tertiary/aromatic N) is 1. The summed E-state index contributed by atoms with van der Waals surface area (Å²) in [5.41, 5.74) is 1.99. The van der Waals surface area contributed by atoms with Gasteiger partial charge in [0.05, 0.1) is 17.0 Å². The van der Waals surface area contributed by atoms with E-state index in [-0.39, 0.29) is 16.6 Å². The molecule has 0 saturated carbocycles. The highest BCUT2D eigenvalue weighted by Gasteiger charge is 2.24. The maximum Gasteiger partial charge on any atom is 0.253 e. The van der Waals surface area contributed by atoms with Crippen LogP contribution in [0.5, 0.6) is 0 Å². The van der Waals surface area contributed by atoms with Gasteiger partial charge in [0.2, 0.25) is 10.0 Å². The summed E-state index contributed by atoms with van der Waals surface area (Å²) in [6.45, 7) is 1.40. The fraction of sp³-hybridized carbons (Fsp3) is 0.350. The quantitative estimate of drug-likeness (QED) is 0.821. The Kier molecular flexibility index (Phi) is 6.07. The second kappa shape index (κ2) is 8.31. The third-order valence-electron chi connectivity index (χ3n) is 4.78. The van der Waals surface area contributed by atoms with E-state index >= 15 is 0 Å². The van der Waals surface area contributed by atoms with Crippen molar-refractivity contribution in [3.63, 3.8) is 0 Å². The van der Waals surface area contributed by atoms with Crippen LogP contribution in [0.1, 0.15) is 28.8 Å². The molecule has 1 fully saturated rings. The largest absolute Gasteiger partial charge is 0.339 e. The Labute approximate surface area is 165 Å². The molecule has 0 atom stereocenters. The monoisotopic (exact) mass is 406 g/mol. The van der Waals surface area contributed by atoms with E-state index in [4.69, 9.17) is 11.6 Å². The predicted octanol–water partition coefficient (Wildman–Crippen LogP) is 3.81. The van der Waals surface area contributed by atoms with Crippen LogP contribution >= 0.6 is 11.6 Å². The lowest BCUT2D eigenvalue weighted by atomic mass is 9.90. The molecule has 3 rings (SSSR count). The van der Waals surface area contributed by atoms with Crippen molar-refractivity contribution in [2.24, 2.45) is 5.92 Å². The van der Waals surface area contributed by atoms with Crippen LogP contribution in [0.2, 0.25) is 5.02 Å². The minimum atomic E-state index is -3.46. The maximum absolute atomic E-state index is 12.8. The molecule has 5 nitrogen and oxygen atoms in total. The fourth-order valence-electron chi connectivity index (χ4n) is 3.41. The predicted molar refractivity (Wildman–Crippen MR) is 109 cm³/mol. The molecule has 0 unspecified atom stereocenters. The van der Waals surface area contributed by atoms with Crippen molar-refractivity contribution in [2.45, 2.75) is 19.3 Å². The number of rotatable bonds is 5. The van der Waals surface area contributed by atoms with E-state index in [1.165, 1.54) is 11.6 Å². The summed E-state index contributed by atoms with van der Waals surface area (Å²) in [5, 5.41) is 0.263. The molecule has 2 aromatic carbocycles. The molecule has 2 aromatic rings. The molecule has 0 radical (unpaired) electrons. The van der Waals surface area contributed by atoms with Crippen LogP contribution in [0.25, 0.3) is 0 Å². The zero-order valence-electron chi connectivity index (χ0n) is 15.2. The van der Waals surface area contributed by atoms with Crippen LogP contribution < -0.4 is 4.72 Å². The molecule has 1 heterocycles. The van der Waals surface area contributed by atoms with Gasteiger partial charge >= 0.3 is 0 Å². The number of hydrogen-bond donors (Lipinski definition) is 1. The van der Waals surface area contributed by atoms with Gasteiger partial charge in [0, 0.05) is 18.7 Å². The van der Waals surface area contributed by atoms with E-state index in [1.54, 1.807) is 12.1 Å². The first-order chi connectivity index (χ1) is 12.8. The second-order valence-corrected chi connectivity index (χ2v) is 9.15. The van der Waals surface area contributed by atoms with Crippen LogP contribution in [-0.2, 0) is 16.4 Å². The summed E-state index contributed by atoms with van der Waals surface area (Å²) in [4.78, 5) is 14.6. The summed E-state index contributed by atoms with van der Waals surface area (Å²) in [7, 11) is -3.46. The van der Waals surface area contributed by atoms with E-state index in [0.717, 1.165) is 25.5 Å². The summed E-state index contributed by atoms with van der Waals surface area (Å²) >= 11 is 6.04. The summed E-state index contributed by atoms with van der Waals surface area (Å²) in [6.07, 6.45) is 4.01. The first-order valence-corrected chi connectivity index (χ1v) is 11.2. The number of benzene rings is 2. The van der Waals surface area contributed by atoms with Gasteiger partial charge in [0.25, 0.3) is 5.91 Å². The molecule has 1 saturated heterocycles. The van der Waals surface area contributed by atoms with E-state index in [0.29, 0.717) is 24.6 Å². The van der Waals surface area contributed by atoms with E-state index in [9.17, 15) is 13.2 Å². The fourth-order valence-corrected chi connectivity index (χ4v) is 4.20. The number of carbonyl (C=O) groups is 1. The van der Waals surface area contributed by atoms with Gasteiger partial charge < -0.3 is 4.90 Å². The Morgan fingerprint density at radius 1 is 1.15 bits per heavy atom. The van der Waals surface area contributed by atoms with E-state index < -0.39 is 10.0 Å². The third kappa shape index (κ3) is 5.47. The number of hydrogen-bond acceptors (Lipinski definition) is 3. The van der Waals surface area contributed by atoms with Gasteiger partial charge in [0.15, 0.2) is 0 Å². The Bertz CT molecular complexity index is 908. The number of likely N-dealkylation sites (tertiary alicyclic amines) is 1. The number of nitrogens with one attached hydrogen (secondary N) is 1. The zero-order valence-corrected chi connectivity index (χ0v) is 16.8. The van der Waals surface area contributed by atoms with Crippen molar-refractivity contribution in [1.29, 1.82) is 0 Å². The average molecular weight is 407 g/mol. The Balaban J connectivity index is 1.63. The second-order valence-electron chi connectivity index (χ2n) is 6.99. The summed E-state index contributed by atoms with van der Waals surface area (Å²) in [6, 6.07) is 15.1. The van der Waals surface area contributed by atoms with Crippen molar-refractivity contribution in [3.05, 3.63) is 64.7 Å². The molecule has 0 bridgehead atoms. The lowest BCUT2D eigenvalue weighted by molar-refractivity contribution is 0.0690. The lowest BCUT2D eigenvalue weighted by Gasteiger charge is -2.32. The van der Waals surface area contributed by atoms with Crippen molar-refractivity contribution in [3.8, 4) is 0 Å². The number of halogens is 1. The van der Waals surface area contributed by atoms with Crippen molar-refractivity contribution < 1.29 is 13.2 Å². The highest BCUT2D eigenvalue weighted by molar-refractivity contribution is 7.92. The van der Waals surface area contributed by atoms with E-state index in [1.807, 2.05) is 11.0 Å². The molecule has 0 aliphatic carbocycles. The van der Waals surface area contributed by atoms with Crippen molar-refractivity contribution in [1.82, 2.24) is 4.90 Å². The first kappa shape index (κ1) is 19.7. The van der Waals surface area contributed by atoms with Gasteiger partial charge in [-0.25, -0.2) is 8.42 Å². The van der Waals surface area contributed by atoms with Crippen LogP contribution in [0, 0.1) is 5.92 Å². The topological polar surface area (TPSA) is 66.5 Å². The van der Waals surface area contributed by atoms with Crippen molar-refractivity contribution in [2.75, 3.05) is 24.1 Å². The Morgan fingerprint density at radius 3 is 2.44 bits per heavy atom. The van der Waals surface area contributed by atoms with Crippen molar-refractivity contribution >= 4 is 33.2 Å². The van der Waals surface area contributed by atoms with Gasteiger partial charge in [-0.3, -0.25) is 9.52 Å². The molecule has 144 valence electrons. The van der Waals surface area contributed by atoms with E-state index in [2.05, 4.69) is 29.0 Å². The standard InChI is InChI=1S/C20H23ClN2O3S/c1-27(25,26)22-19-14-17(7-8-18(19)21)20(24)23-11-9-16(10-12-23)13-15-5-3-2-4-6-15/h2-8,14,16,22H,9-13H2,1H3. The number of piperidine rings is 1. The molecular weight excluding hydrogens is 384 g/mol. The van der Waals surface area contributed by atoms with Gasteiger partial charge in [0.1, 0.15) is 0 Å². The smallest absolute Gasteiger partial charge is 0.253 e. The minimum absolute atomic E-state index is 0.0959. The molecular formula is C20H23ClN2O3S. The van der Waals surface area contributed by atoms with Crippen LogP contribution in [0.3, 0.4) is 0 Å². The van der Waals surface area contributed by atoms with Gasteiger partial charge in [-0.2, -0.15) is 0 Å². The number of carbonyl (C=O) groups excluding carboxylic acids is 1. The molecule has 0 aromatic heterocycles. The Morgan fingerprint density at radius 2 is 1.81 bits per heavy atom. The number of anilines is 1.